The number of carbonyl (C=O) groups is 2. The highest BCUT2D eigenvalue weighted by Crippen LogP contribution is 2.45. The number of halogens is 3. The quantitative estimate of drug-likeness (QED) is 0.248. The molecule has 1 saturated heterocycles. The van der Waals surface area contributed by atoms with Crippen LogP contribution in [-0.4, -0.2) is 23.9 Å². The fourth-order valence-corrected chi connectivity index (χ4v) is 4.72. The van der Waals surface area contributed by atoms with Gasteiger partial charge in [-0.25, -0.2) is 0 Å². The molecule has 5 nitrogen and oxygen atoms in total. The number of aryl methyl sites for hydroxylation is 1. The number of ether oxygens (including phenoxy) is 1. The summed E-state index contributed by atoms with van der Waals surface area (Å²) in [6.45, 7) is 1.90. The van der Waals surface area contributed by atoms with Gasteiger partial charge in [0.25, 0.3) is 11.7 Å². The summed E-state index contributed by atoms with van der Waals surface area (Å²) < 4.78 is 5.35. The van der Waals surface area contributed by atoms with Gasteiger partial charge < -0.3 is 9.84 Å². The normalized spacial score (nSPS) is 17.5. The van der Waals surface area contributed by atoms with Crippen molar-refractivity contribution in [2.45, 2.75) is 13.0 Å². The fraction of sp³-hybridized carbons (Fsp3) is 0.120. The van der Waals surface area contributed by atoms with Crippen LogP contribution in [0.2, 0.25) is 15.1 Å². The first-order valence-electron chi connectivity index (χ1n) is 9.89. The van der Waals surface area contributed by atoms with Gasteiger partial charge >= 0.3 is 0 Å². The Labute approximate surface area is 205 Å². The molecule has 0 radical (unpaired) electrons. The highest BCUT2D eigenvalue weighted by molar-refractivity contribution is 6.52. The van der Waals surface area contributed by atoms with Crippen LogP contribution in [0.1, 0.15) is 22.7 Å². The zero-order valence-electron chi connectivity index (χ0n) is 17.6. The molecule has 1 heterocycles. The molecule has 1 N–H and O–H groups in total. The van der Waals surface area contributed by atoms with E-state index < -0.39 is 23.5 Å². The zero-order valence-corrected chi connectivity index (χ0v) is 19.9. The Hall–Kier alpha value is -2.99. The molecule has 4 rings (SSSR count). The van der Waals surface area contributed by atoms with Crippen LogP contribution in [0, 0.1) is 6.92 Å². The molecule has 1 atom stereocenters. The average molecular weight is 503 g/mol. The molecule has 1 aliphatic heterocycles. The molecule has 8 heteroatoms. The number of benzene rings is 3. The first kappa shape index (κ1) is 23.2. The maximum absolute atomic E-state index is 13.3. The topological polar surface area (TPSA) is 66.8 Å². The number of nitrogens with zero attached hydrogens (tertiary/aromatic N) is 1. The van der Waals surface area contributed by atoms with Crippen molar-refractivity contribution < 1.29 is 19.4 Å². The molecule has 1 aliphatic rings. The van der Waals surface area contributed by atoms with Crippen LogP contribution in [0.5, 0.6) is 5.75 Å². The maximum Gasteiger partial charge on any atom is 0.300 e. The van der Waals surface area contributed by atoms with Crippen molar-refractivity contribution >= 4 is 57.9 Å². The summed E-state index contributed by atoms with van der Waals surface area (Å²) in [6, 6.07) is 16.0. The number of hydrogen-bond acceptors (Lipinski definition) is 4. The number of anilines is 1. The minimum absolute atomic E-state index is 0.108. The summed E-state index contributed by atoms with van der Waals surface area (Å²) in [5.41, 5.74) is 1.99. The van der Waals surface area contributed by atoms with Gasteiger partial charge in [0.1, 0.15) is 11.5 Å². The van der Waals surface area contributed by atoms with Crippen LogP contribution in [0.25, 0.3) is 5.76 Å². The van der Waals surface area contributed by atoms with E-state index in [1.807, 2.05) is 25.1 Å². The number of Topliss-reactive ketones (excluding diaryl/α,β-unsaturated/α-hetero) is 1. The van der Waals surface area contributed by atoms with Gasteiger partial charge in [-0.1, -0.05) is 70.7 Å². The third-order valence-electron chi connectivity index (χ3n) is 5.36. The van der Waals surface area contributed by atoms with Crippen LogP contribution < -0.4 is 9.64 Å². The second-order valence-corrected chi connectivity index (χ2v) is 8.81. The minimum Gasteiger partial charge on any atom is -0.507 e. The van der Waals surface area contributed by atoms with Crippen LogP contribution in [-0.2, 0) is 9.59 Å². The monoisotopic (exact) mass is 501 g/mol. The van der Waals surface area contributed by atoms with E-state index in [0.29, 0.717) is 16.3 Å². The Morgan fingerprint density at radius 3 is 2.36 bits per heavy atom. The first-order valence-corrected chi connectivity index (χ1v) is 11.0. The molecule has 0 spiro atoms. The molecule has 33 heavy (non-hydrogen) atoms. The molecule has 1 amide bonds. The third-order valence-corrected chi connectivity index (χ3v) is 6.09. The number of hydrogen-bond donors (Lipinski definition) is 1. The standard InChI is InChI=1S/C25H18Cl3NO4/c1-13-5-3-6-14(9-13)21-20(22(30)18-11-16(27)12-19(28)24(18)33-2)23(31)25(32)29(21)17-8-4-7-15(26)10-17/h3-12,21,30H,1-2H3/b22-20+. The van der Waals surface area contributed by atoms with Gasteiger partial charge in [-0.2, -0.15) is 0 Å². The summed E-state index contributed by atoms with van der Waals surface area (Å²) in [4.78, 5) is 27.8. The van der Waals surface area contributed by atoms with Gasteiger partial charge in [-0.15, -0.1) is 0 Å². The Morgan fingerprint density at radius 2 is 1.70 bits per heavy atom. The third kappa shape index (κ3) is 4.20. The molecule has 0 aliphatic carbocycles. The van der Waals surface area contributed by atoms with Crippen LogP contribution in [0.4, 0.5) is 5.69 Å². The molecular formula is C25H18Cl3NO4. The highest BCUT2D eigenvalue weighted by Gasteiger charge is 2.47. The van der Waals surface area contributed by atoms with Gasteiger partial charge in [-0.3, -0.25) is 14.5 Å². The fourth-order valence-electron chi connectivity index (χ4n) is 3.97. The van der Waals surface area contributed by atoms with Crippen molar-refractivity contribution in [3.05, 3.63) is 98.0 Å². The van der Waals surface area contributed by atoms with Crippen LogP contribution in [0.3, 0.4) is 0 Å². The summed E-state index contributed by atoms with van der Waals surface area (Å²) in [5.74, 6) is -1.95. The van der Waals surface area contributed by atoms with Crippen LogP contribution >= 0.6 is 34.8 Å². The molecule has 168 valence electrons. The lowest BCUT2D eigenvalue weighted by Gasteiger charge is -2.26. The number of aliphatic hydroxyl groups excluding tert-OH is 1. The minimum atomic E-state index is -0.911. The van der Waals surface area contributed by atoms with Gasteiger partial charge in [0.05, 0.1) is 29.3 Å². The van der Waals surface area contributed by atoms with Crippen molar-refractivity contribution in [1.29, 1.82) is 0 Å². The van der Waals surface area contributed by atoms with E-state index in [0.717, 1.165) is 5.56 Å². The molecule has 3 aromatic rings. The molecule has 3 aromatic carbocycles. The van der Waals surface area contributed by atoms with E-state index in [-0.39, 0.29) is 26.9 Å². The number of ketones is 1. The maximum atomic E-state index is 13.3. The van der Waals surface area contributed by atoms with Gasteiger partial charge in [0.15, 0.2) is 0 Å². The lowest BCUT2D eigenvalue weighted by Crippen LogP contribution is -2.29. The Bertz CT molecular complexity index is 1320. The zero-order chi connectivity index (χ0) is 23.9. The number of rotatable bonds is 4. The van der Waals surface area contributed by atoms with E-state index in [2.05, 4.69) is 0 Å². The number of aliphatic hydroxyl groups is 1. The first-order chi connectivity index (χ1) is 15.7. The molecule has 1 fully saturated rings. The average Bonchev–Trinajstić information content (AvgIpc) is 3.03. The smallest absolute Gasteiger partial charge is 0.300 e. The van der Waals surface area contributed by atoms with E-state index in [9.17, 15) is 14.7 Å². The number of amides is 1. The predicted octanol–water partition coefficient (Wildman–Crippen LogP) is 6.59. The Balaban J connectivity index is 2.02. The van der Waals surface area contributed by atoms with Crippen LogP contribution in [0.15, 0.2) is 66.2 Å². The highest BCUT2D eigenvalue weighted by atomic mass is 35.5. The van der Waals surface area contributed by atoms with E-state index >= 15 is 0 Å². The second kappa shape index (κ2) is 9.10. The largest absolute Gasteiger partial charge is 0.507 e. The molecule has 0 saturated carbocycles. The summed E-state index contributed by atoms with van der Waals surface area (Å²) >= 11 is 18.6. The van der Waals surface area contributed by atoms with Gasteiger partial charge in [0, 0.05) is 15.7 Å². The van der Waals surface area contributed by atoms with E-state index in [4.69, 9.17) is 39.5 Å². The number of methoxy groups -OCH3 is 1. The van der Waals surface area contributed by atoms with Crippen molar-refractivity contribution in [1.82, 2.24) is 0 Å². The molecule has 0 bridgehead atoms. The summed E-state index contributed by atoms with van der Waals surface area (Å²) in [6.07, 6.45) is 0. The summed E-state index contributed by atoms with van der Waals surface area (Å²) in [5, 5.41) is 12.1. The van der Waals surface area contributed by atoms with E-state index in [1.54, 1.807) is 30.3 Å². The predicted molar refractivity (Wildman–Crippen MR) is 130 cm³/mol. The lowest BCUT2D eigenvalue weighted by molar-refractivity contribution is -0.132. The summed E-state index contributed by atoms with van der Waals surface area (Å²) in [7, 11) is 1.38. The second-order valence-electron chi connectivity index (χ2n) is 7.53. The Kier molecular flexibility index (Phi) is 6.39. The van der Waals surface area contributed by atoms with Crippen molar-refractivity contribution in [3.8, 4) is 5.75 Å². The van der Waals surface area contributed by atoms with Gasteiger partial charge in [-0.05, 0) is 42.8 Å². The van der Waals surface area contributed by atoms with Crippen molar-refractivity contribution in [2.24, 2.45) is 0 Å². The Morgan fingerprint density at radius 1 is 0.970 bits per heavy atom. The molecular weight excluding hydrogens is 485 g/mol. The van der Waals surface area contributed by atoms with Crippen molar-refractivity contribution in [2.75, 3.05) is 12.0 Å². The molecule has 0 aromatic heterocycles. The molecule has 1 unspecified atom stereocenters. The van der Waals surface area contributed by atoms with Gasteiger partial charge in [0.2, 0.25) is 0 Å². The van der Waals surface area contributed by atoms with E-state index in [1.165, 1.54) is 24.1 Å². The SMILES string of the molecule is COc1c(Cl)cc(Cl)cc1/C(O)=C1\C(=O)C(=O)N(c2cccc(Cl)c2)C1c1cccc(C)c1. The number of carbonyl (C=O) groups excluding carboxylic acids is 2. The lowest BCUT2D eigenvalue weighted by atomic mass is 9.94. The van der Waals surface area contributed by atoms with Crippen molar-refractivity contribution in [3.63, 3.8) is 0 Å².